The van der Waals surface area contributed by atoms with Crippen molar-refractivity contribution in [2.24, 2.45) is 5.73 Å². The number of hydrogen-bond acceptors (Lipinski definition) is 2. The van der Waals surface area contributed by atoms with E-state index in [1.54, 1.807) is 6.07 Å². The SMILES string of the molecule is NC1(CCc2cc(Cl)cc(F)c2O)CC1. The molecule has 0 aliphatic heterocycles. The van der Waals surface area contributed by atoms with Gasteiger partial charge in [-0.1, -0.05) is 11.6 Å². The molecule has 0 bridgehead atoms. The zero-order valence-corrected chi connectivity index (χ0v) is 9.02. The second-order valence-corrected chi connectivity index (χ2v) is 4.69. The predicted octanol–water partition coefficient (Wildman–Crippen LogP) is 2.61. The summed E-state index contributed by atoms with van der Waals surface area (Å²) >= 11 is 5.71. The summed E-state index contributed by atoms with van der Waals surface area (Å²) < 4.78 is 13.1. The van der Waals surface area contributed by atoms with Gasteiger partial charge < -0.3 is 10.8 Å². The average molecular weight is 230 g/mol. The lowest BCUT2D eigenvalue weighted by Gasteiger charge is -2.10. The van der Waals surface area contributed by atoms with Gasteiger partial charge in [-0.3, -0.25) is 0 Å². The molecule has 1 aromatic carbocycles. The van der Waals surface area contributed by atoms with E-state index in [4.69, 9.17) is 17.3 Å². The van der Waals surface area contributed by atoms with Gasteiger partial charge in [-0.05, 0) is 43.4 Å². The highest BCUT2D eigenvalue weighted by atomic mass is 35.5. The van der Waals surface area contributed by atoms with Crippen LogP contribution in [0.5, 0.6) is 5.75 Å². The molecule has 0 aromatic heterocycles. The molecule has 0 saturated heterocycles. The Morgan fingerprint density at radius 3 is 2.73 bits per heavy atom. The van der Waals surface area contributed by atoms with Crippen LogP contribution in [0.25, 0.3) is 0 Å². The Hall–Kier alpha value is -0.800. The molecule has 2 nitrogen and oxygen atoms in total. The van der Waals surface area contributed by atoms with Crippen LogP contribution in [-0.4, -0.2) is 10.6 Å². The van der Waals surface area contributed by atoms with E-state index in [1.807, 2.05) is 0 Å². The Morgan fingerprint density at radius 1 is 1.47 bits per heavy atom. The molecule has 1 saturated carbocycles. The van der Waals surface area contributed by atoms with Gasteiger partial charge >= 0.3 is 0 Å². The van der Waals surface area contributed by atoms with Crippen LogP contribution in [0.1, 0.15) is 24.8 Å². The normalized spacial score (nSPS) is 17.8. The summed E-state index contributed by atoms with van der Waals surface area (Å²) in [5.74, 6) is -0.969. The van der Waals surface area contributed by atoms with Crippen molar-refractivity contribution in [1.82, 2.24) is 0 Å². The fourth-order valence-corrected chi connectivity index (χ4v) is 1.83. The van der Waals surface area contributed by atoms with E-state index in [-0.39, 0.29) is 11.3 Å². The highest BCUT2D eigenvalue weighted by Crippen LogP contribution is 2.38. The van der Waals surface area contributed by atoms with Crippen molar-refractivity contribution in [3.63, 3.8) is 0 Å². The van der Waals surface area contributed by atoms with Gasteiger partial charge in [-0.25, -0.2) is 4.39 Å². The molecule has 0 spiro atoms. The molecule has 1 aliphatic rings. The van der Waals surface area contributed by atoms with Gasteiger partial charge in [0.15, 0.2) is 11.6 Å². The number of hydrogen-bond donors (Lipinski definition) is 2. The molecule has 0 radical (unpaired) electrons. The van der Waals surface area contributed by atoms with E-state index >= 15 is 0 Å². The minimum absolute atomic E-state index is 0.0920. The minimum atomic E-state index is -0.667. The topological polar surface area (TPSA) is 46.2 Å². The average Bonchev–Trinajstić information content (AvgIpc) is 2.88. The summed E-state index contributed by atoms with van der Waals surface area (Å²) in [5.41, 5.74) is 6.36. The molecule has 0 heterocycles. The van der Waals surface area contributed by atoms with Crippen molar-refractivity contribution in [1.29, 1.82) is 0 Å². The number of nitrogens with two attached hydrogens (primary N) is 1. The lowest BCUT2D eigenvalue weighted by Crippen LogP contribution is -2.22. The van der Waals surface area contributed by atoms with Crippen LogP contribution in [0.15, 0.2) is 12.1 Å². The van der Waals surface area contributed by atoms with Gasteiger partial charge in [-0.2, -0.15) is 0 Å². The Morgan fingerprint density at radius 2 is 2.13 bits per heavy atom. The number of rotatable bonds is 3. The summed E-state index contributed by atoms with van der Waals surface area (Å²) in [6, 6.07) is 2.70. The number of phenolic OH excluding ortho intramolecular Hbond substituents is 1. The zero-order valence-electron chi connectivity index (χ0n) is 8.26. The van der Waals surface area contributed by atoms with E-state index in [0.29, 0.717) is 17.0 Å². The maximum absolute atomic E-state index is 13.1. The van der Waals surface area contributed by atoms with E-state index < -0.39 is 5.82 Å². The first kappa shape index (κ1) is 10.7. The van der Waals surface area contributed by atoms with Gasteiger partial charge in [0, 0.05) is 10.6 Å². The number of aromatic hydroxyl groups is 1. The molecular weight excluding hydrogens is 217 g/mol. The standard InChI is InChI=1S/C11H13ClFNO/c12-8-5-7(10(15)9(13)6-8)1-2-11(14)3-4-11/h5-6,15H,1-4,14H2. The summed E-state index contributed by atoms with van der Waals surface area (Å²) in [6.07, 6.45) is 3.35. The van der Waals surface area contributed by atoms with Crippen molar-refractivity contribution in [3.8, 4) is 5.75 Å². The fraction of sp³-hybridized carbons (Fsp3) is 0.455. The molecule has 4 heteroatoms. The highest BCUT2D eigenvalue weighted by Gasteiger charge is 2.37. The molecule has 0 unspecified atom stereocenters. The van der Waals surface area contributed by atoms with E-state index in [9.17, 15) is 9.50 Å². The number of aryl methyl sites for hydroxylation is 1. The largest absolute Gasteiger partial charge is 0.505 e. The molecule has 82 valence electrons. The van der Waals surface area contributed by atoms with Crippen LogP contribution in [0.4, 0.5) is 4.39 Å². The van der Waals surface area contributed by atoms with Crippen molar-refractivity contribution in [2.45, 2.75) is 31.2 Å². The lowest BCUT2D eigenvalue weighted by molar-refractivity contribution is 0.423. The summed E-state index contributed by atoms with van der Waals surface area (Å²) in [6.45, 7) is 0. The Labute approximate surface area is 92.9 Å². The number of phenols is 1. The molecule has 0 amide bonds. The molecule has 2 rings (SSSR count). The van der Waals surface area contributed by atoms with Gasteiger partial charge in [0.25, 0.3) is 0 Å². The maximum Gasteiger partial charge on any atom is 0.166 e. The summed E-state index contributed by atoms with van der Waals surface area (Å²) in [7, 11) is 0. The van der Waals surface area contributed by atoms with Crippen molar-refractivity contribution >= 4 is 11.6 Å². The predicted molar refractivity (Wildman–Crippen MR) is 57.5 cm³/mol. The monoisotopic (exact) mass is 229 g/mol. The number of halogens is 2. The van der Waals surface area contributed by atoms with Crippen LogP contribution < -0.4 is 5.73 Å². The van der Waals surface area contributed by atoms with E-state index in [1.165, 1.54) is 0 Å². The minimum Gasteiger partial charge on any atom is -0.505 e. The third-order valence-corrected chi connectivity index (χ3v) is 3.11. The van der Waals surface area contributed by atoms with Crippen LogP contribution in [0.2, 0.25) is 5.02 Å². The smallest absolute Gasteiger partial charge is 0.166 e. The van der Waals surface area contributed by atoms with Crippen LogP contribution in [-0.2, 0) is 6.42 Å². The Bertz CT molecular complexity index is 390. The first-order valence-corrected chi connectivity index (χ1v) is 5.34. The Kier molecular flexibility index (Phi) is 2.61. The van der Waals surface area contributed by atoms with Crippen molar-refractivity contribution < 1.29 is 9.50 Å². The first-order chi connectivity index (χ1) is 7.00. The lowest BCUT2D eigenvalue weighted by atomic mass is 10.0. The molecule has 3 N–H and O–H groups in total. The molecule has 1 fully saturated rings. The summed E-state index contributed by atoms with van der Waals surface area (Å²) in [4.78, 5) is 0. The third kappa shape index (κ3) is 2.41. The van der Waals surface area contributed by atoms with Gasteiger partial charge in [0.05, 0.1) is 0 Å². The molecule has 15 heavy (non-hydrogen) atoms. The van der Waals surface area contributed by atoms with Crippen LogP contribution in [0.3, 0.4) is 0 Å². The highest BCUT2D eigenvalue weighted by molar-refractivity contribution is 6.30. The fourth-order valence-electron chi connectivity index (χ4n) is 1.60. The number of benzene rings is 1. The Balaban J connectivity index is 2.13. The molecular formula is C11H13ClFNO. The third-order valence-electron chi connectivity index (χ3n) is 2.89. The van der Waals surface area contributed by atoms with Crippen molar-refractivity contribution in [3.05, 3.63) is 28.5 Å². The summed E-state index contributed by atoms with van der Waals surface area (Å²) in [5, 5.41) is 9.77. The van der Waals surface area contributed by atoms with Crippen LogP contribution >= 0.6 is 11.6 Å². The second-order valence-electron chi connectivity index (χ2n) is 4.26. The van der Waals surface area contributed by atoms with Gasteiger partial charge in [0.2, 0.25) is 0 Å². The zero-order chi connectivity index (χ0) is 11.1. The van der Waals surface area contributed by atoms with Gasteiger partial charge in [0.1, 0.15) is 0 Å². The van der Waals surface area contributed by atoms with Crippen molar-refractivity contribution in [2.75, 3.05) is 0 Å². The van der Waals surface area contributed by atoms with E-state index in [0.717, 1.165) is 25.3 Å². The molecule has 0 atom stereocenters. The second kappa shape index (κ2) is 3.65. The molecule has 1 aromatic rings. The first-order valence-electron chi connectivity index (χ1n) is 4.96. The maximum atomic E-state index is 13.1. The van der Waals surface area contributed by atoms with E-state index in [2.05, 4.69) is 0 Å². The van der Waals surface area contributed by atoms with Gasteiger partial charge in [-0.15, -0.1) is 0 Å². The quantitative estimate of drug-likeness (QED) is 0.837. The molecule has 1 aliphatic carbocycles. The van der Waals surface area contributed by atoms with Crippen LogP contribution in [0, 0.1) is 5.82 Å².